The van der Waals surface area contributed by atoms with Crippen molar-refractivity contribution < 1.29 is 17.9 Å². The zero-order valence-electron chi connectivity index (χ0n) is 9.07. The van der Waals surface area contributed by atoms with Gasteiger partial charge in [-0.3, -0.25) is 0 Å². The van der Waals surface area contributed by atoms with E-state index in [-0.39, 0.29) is 16.5 Å². The molecule has 0 atom stereocenters. The third-order valence-corrected chi connectivity index (χ3v) is 3.62. The molecule has 0 heterocycles. The number of hydrogen-bond donors (Lipinski definition) is 2. The van der Waals surface area contributed by atoms with E-state index in [1.165, 1.54) is 6.07 Å². The molecule has 0 aromatic heterocycles. The Balaban J connectivity index is 3.25. The average Bonchev–Trinajstić information content (AvgIpc) is 2.15. The fourth-order valence-corrected chi connectivity index (χ4v) is 2.78. The summed E-state index contributed by atoms with van der Waals surface area (Å²) in [5.41, 5.74) is 0.176. The number of aliphatic hydroxyl groups excluding tert-OH is 1. The van der Waals surface area contributed by atoms with Crippen molar-refractivity contribution in [2.24, 2.45) is 0 Å². The number of nitrogens with one attached hydrogen (secondary N) is 1. The Morgan fingerprint density at radius 3 is 2.56 bits per heavy atom. The Morgan fingerprint density at radius 1 is 1.44 bits per heavy atom. The molecule has 6 heteroatoms. The van der Waals surface area contributed by atoms with Crippen molar-refractivity contribution >= 4 is 10.0 Å². The molecule has 0 saturated carbocycles. The molecule has 2 N–H and O–H groups in total. The lowest BCUT2D eigenvalue weighted by atomic mass is 10.2. The van der Waals surface area contributed by atoms with Crippen molar-refractivity contribution in [3.8, 4) is 0 Å². The molecular formula is C10H14FNO3S. The number of benzene rings is 1. The van der Waals surface area contributed by atoms with Crippen molar-refractivity contribution in [3.05, 3.63) is 29.6 Å². The minimum absolute atomic E-state index is 0.176. The van der Waals surface area contributed by atoms with Gasteiger partial charge in [-0.05, 0) is 31.5 Å². The zero-order valence-corrected chi connectivity index (χ0v) is 9.88. The zero-order chi connectivity index (χ0) is 12.3. The summed E-state index contributed by atoms with van der Waals surface area (Å²) in [4.78, 5) is -0.219. The molecule has 0 saturated heterocycles. The van der Waals surface area contributed by atoms with E-state index in [9.17, 15) is 12.8 Å². The van der Waals surface area contributed by atoms with E-state index in [0.717, 1.165) is 12.1 Å². The van der Waals surface area contributed by atoms with Gasteiger partial charge in [0.05, 0.1) is 11.5 Å². The maximum atomic E-state index is 13.0. The third-order valence-electron chi connectivity index (χ3n) is 1.88. The van der Waals surface area contributed by atoms with Gasteiger partial charge in [0.25, 0.3) is 0 Å². The first-order valence-electron chi connectivity index (χ1n) is 4.78. The number of aliphatic hydroxyl groups is 1. The number of halogens is 1. The summed E-state index contributed by atoms with van der Waals surface area (Å²) in [5, 5.41) is 8.99. The fraction of sp³-hybridized carbons (Fsp3) is 0.400. The lowest BCUT2D eigenvalue weighted by Gasteiger charge is -2.12. The van der Waals surface area contributed by atoms with E-state index < -0.39 is 22.4 Å². The van der Waals surface area contributed by atoms with Gasteiger partial charge in [-0.1, -0.05) is 6.07 Å². The van der Waals surface area contributed by atoms with Crippen LogP contribution >= 0.6 is 0 Å². The number of rotatable bonds is 4. The summed E-state index contributed by atoms with van der Waals surface area (Å²) >= 11 is 0. The molecule has 1 rings (SSSR count). The Bertz CT molecular complexity index is 471. The van der Waals surface area contributed by atoms with Gasteiger partial charge in [-0.15, -0.1) is 0 Å². The Kier molecular flexibility index (Phi) is 4.01. The highest BCUT2D eigenvalue weighted by molar-refractivity contribution is 7.89. The van der Waals surface area contributed by atoms with Crippen molar-refractivity contribution in [1.29, 1.82) is 0 Å². The van der Waals surface area contributed by atoms with Crippen molar-refractivity contribution in [2.45, 2.75) is 31.4 Å². The molecule has 0 aliphatic heterocycles. The van der Waals surface area contributed by atoms with Gasteiger partial charge >= 0.3 is 0 Å². The first-order valence-corrected chi connectivity index (χ1v) is 6.26. The summed E-state index contributed by atoms with van der Waals surface area (Å²) < 4.78 is 38.9. The van der Waals surface area contributed by atoms with Crippen LogP contribution in [0.5, 0.6) is 0 Å². The second-order valence-corrected chi connectivity index (χ2v) is 5.37. The highest BCUT2D eigenvalue weighted by atomic mass is 32.2. The topological polar surface area (TPSA) is 66.4 Å². The van der Waals surface area contributed by atoms with Crippen LogP contribution in [0.2, 0.25) is 0 Å². The molecule has 1 aromatic carbocycles. The second-order valence-electron chi connectivity index (χ2n) is 3.69. The van der Waals surface area contributed by atoms with Crippen molar-refractivity contribution in [2.75, 3.05) is 0 Å². The Labute approximate surface area is 94.2 Å². The predicted octanol–water partition coefficient (Wildman–Crippen LogP) is 1.00. The molecule has 0 amide bonds. The molecule has 0 bridgehead atoms. The van der Waals surface area contributed by atoms with Gasteiger partial charge < -0.3 is 5.11 Å². The van der Waals surface area contributed by atoms with Crippen LogP contribution in [-0.2, 0) is 16.6 Å². The molecule has 90 valence electrons. The molecule has 0 aliphatic rings. The number of sulfonamides is 1. The van der Waals surface area contributed by atoms with Crippen LogP contribution in [-0.4, -0.2) is 19.6 Å². The summed E-state index contributed by atoms with van der Waals surface area (Å²) in [7, 11) is -3.77. The highest BCUT2D eigenvalue weighted by Gasteiger charge is 2.19. The van der Waals surface area contributed by atoms with Crippen LogP contribution in [0.4, 0.5) is 4.39 Å². The molecule has 0 fully saturated rings. The standard InChI is InChI=1S/C10H14FNO3S/c1-7(2)12-16(14,15)10-5-9(11)4-3-8(10)6-13/h3-5,7,12-13H,6H2,1-2H3. The van der Waals surface area contributed by atoms with Gasteiger partial charge in [0, 0.05) is 6.04 Å². The van der Waals surface area contributed by atoms with Gasteiger partial charge in [-0.25, -0.2) is 17.5 Å². The molecule has 16 heavy (non-hydrogen) atoms. The summed E-state index contributed by atoms with van der Waals surface area (Å²) in [6.45, 7) is 2.87. The highest BCUT2D eigenvalue weighted by Crippen LogP contribution is 2.17. The second kappa shape index (κ2) is 4.90. The first kappa shape index (κ1) is 13.1. The lowest BCUT2D eigenvalue weighted by molar-refractivity contribution is 0.278. The van der Waals surface area contributed by atoms with Crippen LogP contribution in [0.15, 0.2) is 23.1 Å². The van der Waals surface area contributed by atoms with Gasteiger partial charge in [0.2, 0.25) is 10.0 Å². The minimum Gasteiger partial charge on any atom is -0.392 e. The predicted molar refractivity (Wildman–Crippen MR) is 57.8 cm³/mol. The average molecular weight is 247 g/mol. The monoisotopic (exact) mass is 247 g/mol. The van der Waals surface area contributed by atoms with Crippen LogP contribution in [0, 0.1) is 5.82 Å². The van der Waals surface area contributed by atoms with Gasteiger partial charge in [-0.2, -0.15) is 0 Å². The maximum absolute atomic E-state index is 13.0. The molecule has 1 aromatic rings. The van der Waals surface area contributed by atoms with E-state index in [0.29, 0.717) is 0 Å². The van der Waals surface area contributed by atoms with Crippen LogP contribution in [0.25, 0.3) is 0 Å². The molecule has 0 radical (unpaired) electrons. The fourth-order valence-electron chi connectivity index (χ4n) is 1.28. The van der Waals surface area contributed by atoms with Gasteiger partial charge in [0.1, 0.15) is 5.82 Å². The molecule has 0 spiro atoms. The summed E-state index contributed by atoms with van der Waals surface area (Å²) in [6.07, 6.45) is 0. The molecule has 4 nitrogen and oxygen atoms in total. The van der Waals surface area contributed by atoms with Crippen LogP contribution < -0.4 is 4.72 Å². The SMILES string of the molecule is CC(C)NS(=O)(=O)c1cc(F)ccc1CO. The van der Waals surface area contributed by atoms with E-state index in [1.807, 2.05) is 0 Å². The molecular weight excluding hydrogens is 233 g/mol. The van der Waals surface area contributed by atoms with E-state index >= 15 is 0 Å². The minimum atomic E-state index is -3.77. The quantitative estimate of drug-likeness (QED) is 0.834. The smallest absolute Gasteiger partial charge is 0.241 e. The lowest BCUT2D eigenvalue weighted by Crippen LogP contribution is -2.31. The maximum Gasteiger partial charge on any atom is 0.241 e. The van der Waals surface area contributed by atoms with E-state index in [4.69, 9.17) is 5.11 Å². The number of hydrogen-bond acceptors (Lipinski definition) is 3. The van der Waals surface area contributed by atoms with Crippen molar-refractivity contribution in [1.82, 2.24) is 4.72 Å². The van der Waals surface area contributed by atoms with E-state index in [2.05, 4.69) is 4.72 Å². The molecule has 0 unspecified atom stereocenters. The van der Waals surface area contributed by atoms with Crippen LogP contribution in [0.1, 0.15) is 19.4 Å². The molecule has 0 aliphatic carbocycles. The third kappa shape index (κ3) is 3.01. The summed E-state index contributed by atoms with van der Waals surface area (Å²) in [5.74, 6) is -0.652. The Hall–Kier alpha value is -0.980. The van der Waals surface area contributed by atoms with Crippen LogP contribution in [0.3, 0.4) is 0 Å². The largest absolute Gasteiger partial charge is 0.392 e. The van der Waals surface area contributed by atoms with Crippen molar-refractivity contribution in [3.63, 3.8) is 0 Å². The normalized spacial score (nSPS) is 12.1. The first-order chi connectivity index (χ1) is 7.36. The van der Waals surface area contributed by atoms with Gasteiger partial charge in [0.15, 0.2) is 0 Å². The Morgan fingerprint density at radius 2 is 2.06 bits per heavy atom. The van der Waals surface area contributed by atoms with E-state index in [1.54, 1.807) is 13.8 Å². The summed E-state index contributed by atoms with van der Waals surface area (Å²) in [6, 6.07) is 2.97.